The lowest BCUT2D eigenvalue weighted by Gasteiger charge is -2.26. The molecule has 206 valence electrons. The number of alkyl halides is 3. The van der Waals surface area contributed by atoms with Crippen LogP contribution in [-0.2, 0) is 15.8 Å². The van der Waals surface area contributed by atoms with Gasteiger partial charge in [0.2, 0.25) is 5.75 Å². The summed E-state index contributed by atoms with van der Waals surface area (Å²) in [4.78, 5) is 49.2. The number of methoxy groups -OCH3 is 1. The summed E-state index contributed by atoms with van der Waals surface area (Å²) in [5.74, 6) is -2.85. The fourth-order valence-corrected chi connectivity index (χ4v) is 4.13. The molecular weight excluding hydrogens is 627 g/mol. The Labute approximate surface area is 236 Å². The normalized spacial score (nSPS) is 14.8. The van der Waals surface area contributed by atoms with Crippen molar-refractivity contribution in [2.45, 2.75) is 6.18 Å². The maximum absolute atomic E-state index is 13.1. The van der Waals surface area contributed by atoms with E-state index in [0.29, 0.717) is 16.6 Å². The number of nitrogens with one attached hydrogen (secondary N) is 1. The van der Waals surface area contributed by atoms with Crippen LogP contribution in [0.2, 0.25) is 5.02 Å². The fourth-order valence-electron chi connectivity index (χ4n) is 3.60. The lowest BCUT2D eigenvalue weighted by Crippen LogP contribution is -2.54. The molecule has 1 heterocycles. The number of nitrogens with zero attached hydrogens (tertiary/aromatic N) is 2. The van der Waals surface area contributed by atoms with Crippen LogP contribution in [0.3, 0.4) is 0 Å². The van der Waals surface area contributed by atoms with Crippen molar-refractivity contribution < 1.29 is 42.0 Å². The predicted octanol–water partition coefficient (Wildman–Crippen LogP) is 6.50. The first kappa shape index (κ1) is 28.6. The van der Waals surface area contributed by atoms with E-state index in [9.17, 15) is 37.7 Å². The van der Waals surface area contributed by atoms with Gasteiger partial charge in [0.05, 0.1) is 28.3 Å². The van der Waals surface area contributed by atoms with E-state index in [1.54, 1.807) is 12.1 Å². The predicted molar refractivity (Wildman–Crippen MR) is 139 cm³/mol. The van der Waals surface area contributed by atoms with Crippen molar-refractivity contribution in [3.63, 3.8) is 0 Å². The third-order valence-corrected chi connectivity index (χ3v) is 6.25. The number of carbonyl (C=O) groups is 3. The Bertz CT molecular complexity index is 1590. The van der Waals surface area contributed by atoms with Gasteiger partial charge in [0, 0.05) is 10.5 Å². The number of barbiturate groups is 1. The third kappa shape index (κ3) is 5.77. The molecule has 0 aromatic heterocycles. The Morgan fingerprint density at radius 1 is 1.05 bits per heavy atom. The molecule has 0 radical (unpaired) electrons. The number of imide groups is 2. The topological polar surface area (TPSA) is 128 Å². The molecular formula is C25H14BrClF3N3O7. The summed E-state index contributed by atoms with van der Waals surface area (Å²) in [6.07, 6.45) is -3.69. The molecule has 4 amide bonds. The Morgan fingerprint density at radius 3 is 2.33 bits per heavy atom. The molecule has 0 saturated carbocycles. The Kier molecular flexibility index (Phi) is 7.84. The zero-order valence-corrected chi connectivity index (χ0v) is 22.3. The highest BCUT2D eigenvalue weighted by Crippen LogP contribution is 2.44. The number of benzene rings is 3. The molecule has 0 unspecified atom stereocenters. The molecule has 3 aromatic rings. The van der Waals surface area contributed by atoms with Gasteiger partial charge in [0.1, 0.15) is 5.57 Å². The van der Waals surface area contributed by atoms with Crippen LogP contribution in [0, 0.1) is 10.1 Å². The molecule has 40 heavy (non-hydrogen) atoms. The molecule has 0 spiro atoms. The molecule has 0 aliphatic carbocycles. The number of hydrogen-bond acceptors (Lipinski definition) is 7. The number of ether oxygens (including phenoxy) is 2. The average molecular weight is 641 g/mol. The second-order valence-corrected chi connectivity index (χ2v) is 9.33. The van der Waals surface area contributed by atoms with Crippen molar-refractivity contribution in [3.8, 4) is 17.2 Å². The summed E-state index contributed by atoms with van der Waals surface area (Å²) >= 11 is 9.57. The second-order valence-electron chi connectivity index (χ2n) is 8.01. The van der Waals surface area contributed by atoms with Crippen LogP contribution in [0.25, 0.3) is 6.08 Å². The lowest BCUT2D eigenvalue weighted by molar-refractivity contribution is -0.385. The van der Waals surface area contributed by atoms with Gasteiger partial charge in [-0.05, 0) is 60.2 Å². The van der Waals surface area contributed by atoms with Gasteiger partial charge in [-0.2, -0.15) is 13.2 Å². The maximum Gasteiger partial charge on any atom is 0.416 e. The van der Waals surface area contributed by atoms with Crippen LogP contribution in [0.1, 0.15) is 11.1 Å². The van der Waals surface area contributed by atoms with Gasteiger partial charge in [0.25, 0.3) is 11.8 Å². The average Bonchev–Trinajstić information content (AvgIpc) is 2.88. The number of hydrogen-bond donors (Lipinski definition) is 1. The van der Waals surface area contributed by atoms with Crippen molar-refractivity contribution in [2.24, 2.45) is 0 Å². The molecule has 4 rings (SSSR count). The van der Waals surface area contributed by atoms with Gasteiger partial charge in [-0.1, -0.05) is 27.5 Å². The Hall–Kier alpha value is -4.43. The highest BCUT2D eigenvalue weighted by Gasteiger charge is 2.37. The van der Waals surface area contributed by atoms with E-state index in [4.69, 9.17) is 21.1 Å². The third-order valence-electron chi connectivity index (χ3n) is 5.44. The molecule has 15 heteroatoms. The van der Waals surface area contributed by atoms with Gasteiger partial charge in [-0.25, -0.2) is 9.69 Å². The fraction of sp³-hybridized carbons (Fsp3) is 0.0800. The smallest absolute Gasteiger partial charge is 0.416 e. The van der Waals surface area contributed by atoms with Crippen molar-refractivity contribution in [2.75, 3.05) is 12.0 Å². The van der Waals surface area contributed by atoms with Gasteiger partial charge >= 0.3 is 17.9 Å². The summed E-state index contributed by atoms with van der Waals surface area (Å²) in [7, 11) is 1.20. The summed E-state index contributed by atoms with van der Waals surface area (Å²) in [6.45, 7) is 0. The van der Waals surface area contributed by atoms with Gasteiger partial charge in [0.15, 0.2) is 11.5 Å². The van der Waals surface area contributed by atoms with E-state index < -0.39 is 51.5 Å². The second kappa shape index (κ2) is 11.0. The molecule has 1 fully saturated rings. The molecule has 0 bridgehead atoms. The van der Waals surface area contributed by atoms with E-state index in [2.05, 4.69) is 21.2 Å². The highest BCUT2D eigenvalue weighted by molar-refractivity contribution is 9.10. The number of halogens is 5. The number of nitro groups is 1. The van der Waals surface area contributed by atoms with Gasteiger partial charge in [-0.15, -0.1) is 0 Å². The van der Waals surface area contributed by atoms with E-state index >= 15 is 0 Å². The standard InChI is InChI=1S/C25H14BrClF3N3O7/c1-39-20-10-12(8-16-22(34)31-24(36)32(23(16)35)15-5-3-14(26)4-6-15)9-17(27)21(20)40-19-7-2-13(25(28,29)30)11-18(19)33(37)38/h2-11H,1H3,(H,31,34,36)/b16-8+. The number of urea groups is 1. The summed E-state index contributed by atoms with van der Waals surface area (Å²) in [6, 6.07) is 9.41. The summed E-state index contributed by atoms with van der Waals surface area (Å²) < 4.78 is 50.5. The zero-order valence-electron chi connectivity index (χ0n) is 19.9. The van der Waals surface area contributed by atoms with E-state index in [1.807, 2.05) is 0 Å². The molecule has 1 saturated heterocycles. The first-order valence-electron chi connectivity index (χ1n) is 10.9. The molecule has 1 aliphatic heterocycles. The minimum absolute atomic E-state index is 0.127. The molecule has 10 nitrogen and oxygen atoms in total. The van der Waals surface area contributed by atoms with E-state index in [1.165, 1.54) is 31.4 Å². The number of anilines is 1. The van der Waals surface area contributed by atoms with E-state index in [-0.39, 0.29) is 27.8 Å². The van der Waals surface area contributed by atoms with Crippen LogP contribution >= 0.6 is 27.5 Å². The quantitative estimate of drug-likeness (QED) is 0.141. The largest absolute Gasteiger partial charge is 0.493 e. The monoisotopic (exact) mass is 639 g/mol. The van der Waals surface area contributed by atoms with Crippen molar-refractivity contribution >= 4 is 62.8 Å². The Morgan fingerprint density at radius 2 is 1.73 bits per heavy atom. The highest BCUT2D eigenvalue weighted by atomic mass is 79.9. The number of rotatable bonds is 6. The van der Waals surface area contributed by atoms with Gasteiger partial charge < -0.3 is 9.47 Å². The van der Waals surface area contributed by atoms with Crippen LogP contribution < -0.4 is 19.7 Å². The van der Waals surface area contributed by atoms with Crippen molar-refractivity contribution in [1.82, 2.24) is 5.32 Å². The first-order chi connectivity index (χ1) is 18.8. The van der Waals surface area contributed by atoms with Crippen molar-refractivity contribution in [3.05, 3.63) is 90.9 Å². The molecule has 3 aromatic carbocycles. The summed E-state index contributed by atoms with van der Waals surface area (Å²) in [5, 5.41) is 13.3. The van der Waals surface area contributed by atoms with Crippen LogP contribution in [-0.4, -0.2) is 29.9 Å². The number of amides is 4. The first-order valence-corrected chi connectivity index (χ1v) is 12.0. The van der Waals surface area contributed by atoms with Crippen LogP contribution in [0.4, 0.5) is 29.3 Å². The van der Waals surface area contributed by atoms with Crippen molar-refractivity contribution in [1.29, 1.82) is 0 Å². The maximum atomic E-state index is 13.1. The van der Waals surface area contributed by atoms with Crippen LogP contribution in [0.15, 0.2) is 64.6 Å². The minimum atomic E-state index is -4.83. The zero-order chi connectivity index (χ0) is 29.4. The number of carbonyl (C=O) groups excluding carboxylic acids is 3. The number of nitro benzene ring substituents is 1. The van der Waals surface area contributed by atoms with Gasteiger partial charge in [-0.3, -0.25) is 25.0 Å². The van der Waals surface area contributed by atoms with Crippen LogP contribution in [0.5, 0.6) is 17.2 Å². The minimum Gasteiger partial charge on any atom is -0.493 e. The lowest BCUT2D eigenvalue weighted by atomic mass is 10.1. The SMILES string of the molecule is COc1cc(/C=C2\C(=O)NC(=O)N(c3ccc(Br)cc3)C2=O)cc(Cl)c1Oc1ccc(C(F)(F)F)cc1[N+](=O)[O-]. The molecule has 0 atom stereocenters. The van der Waals surface area contributed by atoms with E-state index in [0.717, 1.165) is 17.0 Å². The molecule has 1 aliphatic rings. The summed E-state index contributed by atoms with van der Waals surface area (Å²) in [5.41, 5.74) is -2.31. The molecule has 1 N–H and O–H groups in total. The Balaban J connectivity index is 1.71.